The molecule has 3 rings (SSSR count). The molecule has 0 saturated heterocycles. The molecule has 0 radical (unpaired) electrons. The van der Waals surface area contributed by atoms with Crippen molar-refractivity contribution >= 4 is 0 Å². The van der Waals surface area contributed by atoms with Gasteiger partial charge in [0.15, 0.2) is 0 Å². The molecule has 0 spiro atoms. The highest BCUT2D eigenvalue weighted by Crippen LogP contribution is 2.00. The van der Waals surface area contributed by atoms with Crippen LogP contribution in [0.25, 0.3) is 0 Å². The lowest BCUT2D eigenvalue weighted by molar-refractivity contribution is 0.626. The van der Waals surface area contributed by atoms with E-state index in [4.69, 9.17) is 0 Å². The topological polar surface area (TPSA) is 0 Å². The summed E-state index contributed by atoms with van der Waals surface area (Å²) < 4.78 is 24.3. The number of hydrogen-bond acceptors (Lipinski definition) is 0. The first kappa shape index (κ1) is 19.6. The molecular weight excluding hydrogens is 302 g/mol. The van der Waals surface area contributed by atoms with Gasteiger partial charge in [-0.05, 0) is 57.5 Å². The number of rotatable bonds is 0. The Hall–Kier alpha value is -2.48. The van der Waals surface area contributed by atoms with Gasteiger partial charge in [-0.3, -0.25) is 0 Å². The molecule has 126 valence electrons. The van der Waals surface area contributed by atoms with Crippen LogP contribution in [0.3, 0.4) is 0 Å². The quantitative estimate of drug-likeness (QED) is 0.438. The molecule has 0 atom stereocenters. The standard InChI is InChI=1S/C8H10.2C7H7F/c1-7-3-5-8(2)6-4-7;1-6-2-4-7(8)5-3-6;1-6-3-2-4-7(8)5-6/h3-6H,1-2H3;2*2-5H,1H3. The van der Waals surface area contributed by atoms with Gasteiger partial charge >= 0.3 is 0 Å². The van der Waals surface area contributed by atoms with Crippen molar-refractivity contribution in [2.24, 2.45) is 0 Å². The molecule has 0 aliphatic carbocycles. The highest BCUT2D eigenvalue weighted by Gasteiger charge is 1.85. The van der Waals surface area contributed by atoms with E-state index in [0.29, 0.717) is 0 Å². The minimum atomic E-state index is -0.171. The van der Waals surface area contributed by atoms with Crippen LogP contribution in [0.2, 0.25) is 0 Å². The van der Waals surface area contributed by atoms with E-state index in [1.807, 2.05) is 19.9 Å². The van der Waals surface area contributed by atoms with Gasteiger partial charge in [0, 0.05) is 0 Å². The van der Waals surface area contributed by atoms with Crippen LogP contribution >= 0.6 is 0 Å². The second kappa shape index (κ2) is 10.3. The van der Waals surface area contributed by atoms with E-state index in [0.717, 1.165) is 11.1 Å². The number of hydrogen-bond donors (Lipinski definition) is 0. The first-order valence-electron chi connectivity index (χ1n) is 7.84. The van der Waals surface area contributed by atoms with E-state index in [-0.39, 0.29) is 11.6 Å². The Kier molecular flexibility index (Phi) is 8.42. The summed E-state index contributed by atoms with van der Waals surface area (Å²) >= 11 is 0. The summed E-state index contributed by atoms with van der Waals surface area (Å²) in [6.07, 6.45) is 0. The van der Waals surface area contributed by atoms with Crippen molar-refractivity contribution in [3.05, 3.63) is 107 Å². The number of benzene rings is 3. The average molecular weight is 326 g/mol. The molecule has 0 bridgehead atoms. The maximum atomic E-state index is 12.2. The minimum Gasteiger partial charge on any atom is -0.207 e. The van der Waals surface area contributed by atoms with Crippen LogP contribution in [0.15, 0.2) is 72.8 Å². The zero-order valence-electron chi connectivity index (χ0n) is 14.7. The summed E-state index contributed by atoms with van der Waals surface area (Å²) in [6.45, 7) is 7.99. The van der Waals surface area contributed by atoms with Crippen LogP contribution in [0.1, 0.15) is 22.3 Å². The molecule has 0 aliphatic rings. The first-order chi connectivity index (χ1) is 11.4. The van der Waals surface area contributed by atoms with Gasteiger partial charge in [-0.25, -0.2) is 8.78 Å². The lowest BCUT2D eigenvalue weighted by atomic mass is 10.2. The summed E-state index contributed by atoms with van der Waals surface area (Å²) in [5.41, 5.74) is 4.71. The number of halogens is 2. The minimum absolute atomic E-state index is 0.162. The molecule has 24 heavy (non-hydrogen) atoms. The van der Waals surface area contributed by atoms with Gasteiger partial charge in [-0.15, -0.1) is 0 Å². The van der Waals surface area contributed by atoms with Crippen LogP contribution in [0.4, 0.5) is 8.78 Å². The molecule has 0 aliphatic heterocycles. The summed E-state index contributed by atoms with van der Waals surface area (Å²) in [4.78, 5) is 0. The van der Waals surface area contributed by atoms with Crippen molar-refractivity contribution in [3.63, 3.8) is 0 Å². The summed E-state index contributed by atoms with van der Waals surface area (Å²) in [5.74, 6) is -0.333. The van der Waals surface area contributed by atoms with Gasteiger partial charge < -0.3 is 0 Å². The maximum Gasteiger partial charge on any atom is 0.123 e. The summed E-state index contributed by atoms with van der Waals surface area (Å²) in [7, 11) is 0. The third-order valence-electron chi connectivity index (χ3n) is 3.21. The van der Waals surface area contributed by atoms with Crippen LogP contribution < -0.4 is 0 Å². The molecule has 0 unspecified atom stereocenters. The lowest BCUT2D eigenvalue weighted by Gasteiger charge is -1.90. The summed E-state index contributed by atoms with van der Waals surface area (Å²) in [6, 6.07) is 21.4. The van der Waals surface area contributed by atoms with Gasteiger partial charge in [0.05, 0.1) is 0 Å². The van der Waals surface area contributed by atoms with Crippen LogP contribution in [-0.4, -0.2) is 0 Å². The molecule has 0 heterocycles. The fourth-order valence-corrected chi connectivity index (χ4v) is 1.78. The largest absolute Gasteiger partial charge is 0.207 e. The average Bonchev–Trinajstić information content (AvgIpc) is 2.54. The van der Waals surface area contributed by atoms with Crippen molar-refractivity contribution in [1.29, 1.82) is 0 Å². The molecule has 0 aromatic heterocycles. The van der Waals surface area contributed by atoms with Crippen LogP contribution in [0.5, 0.6) is 0 Å². The molecule has 0 N–H and O–H groups in total. The molecule has 2 heteroatoms. The molecule has 3 aromatic carbocycles. The normalized spacial score (nSPS) is 9.25. The highest BCUT2D eigenvalue weighted by atomic mass is 19.1. The molecule has 0 saturated carbocycles. The van der Waals surface area contributed by atoms with Gasteiger partial charge in [0.1, 0.15) is 11.6 Å². The Morgan fingerprint density at radius 2 is 0.875 bits per heavy atom. The van der Waals surface area contributed by atoms with Crippen LogP contribution in [-0.2, 0) is 0 Å². The monoisotopic (exact) mass is 326 g/mol. The van der Waals surface area contributed by atoms with Crippen molar-refractivity contribution in [2.75, 3.05) is 0 Å². The van der Waals surface area contributed by atoms with E-state index >= 15 is 0 Å². The molecular formula is C22H24F2. The number of aryl methyl sites for hydroxylation is 4. The fourth-order valence-electron chi connectivity index (χ4n) is 1.78. The third-order valence-corrected chi connectivity index (χ3v) is 3.21. The molecule has 0 amide bonds. The second-order valence-electron chi connectivity index (χ2n) is 5.75. The van der Waals surface area contributed by atoms with E-state index in [9.17, 15) is 8.78 Å². The zero-order chi connectivity index (χ0) is 17.9. The van der Waals surface area contributed by atoms with E-state index in [1.54, 1.807) is 18.2 Å². The highest BCUT2D eigenvalue weighted by molar-refractivity contribution is 5.19. The first-order valence-corrected chi connectivity index (χ1v) is 7.84. The van der Waals surface area contributed by atoms with Gasteiger partial charge in [0.25, 0.3) is 0 Å². The van der Waals surface area contributed by atoms with Crippen LogP contribution in [0, 0.1) is 39.3 Å². The Bertz CT molecular complexity index is 611. The third kappa shape index (κ3) is 8.84. The SMILES string of the molecule is Cc1ccc(C)cc1.Cc1ccc(F)cc1.Cc1cccc(F)c1. The molecule has 0 nitrogen and oxygen atoms in total. The Morgan fingerprint density at radius 3 is 1.17 bits per heavy atom. The van der Waals surface area contributed by atoms with Crippen molar-refractivity contribution in [2.45, 2.75) is 27.7 Å². The van der Waals surface area contributed by atoms with E-state index in [2.05, 4.69) is 38.1 Å². The van der Waals surface area contributed by atoms with Gasteiger partial charge in [-0.2, -0.15) is 0 Å². The smallest absolute Gasteiger partial charge is 0.123 e. The van der Waals surface area contributed by atoms with Gasteiger partial charge in [0.2, 0.25) is 0 Å². The predicted molar refractivity (Wildman–Crippen MR) is 98.2 cm³/mol. The fraction of sp³-hybridized carbons (Fsp3) is 0.182. The van der Waals surface area contributed by atoms with Crippen molar-refractivity contribution < 1.29 is 8.78 Å². The Labute approximate surface area is 143 Å². The maximum absolute atomic E-state index is 12.2. The lowest BCUT2D eigenvalue weighted by Crippen LogP contribution is -1.72. The molecule has 0 fully saturated rings. The van der Waals surface area contributed by atoms with Crippen molar-refractivity contribution in [3.8, 4) is 0 Å². The Morgan fingerprint density at radius 1 is 0.458 bits per heavy atom. The zero-order valence-corrected chi connectivity index (χ0v) is 14.7. The second-order valence-corrected chi connectivity index (χ2v) is 5.75. The Balaban J connectivity index is 0.000000180. The predicted octanol–water partition coefficient (Wildman–Crippen LogP) is 6.57. The summed E-state index contributed by atoms with van der Waals surface area (Å²) in [5, 5.41) is 0. The van der Waals surface area contributed by atoms with E-state index in [1.165, 1.54) is 35.4 Å². The van der Waals surface area contributed by atoms with Gasteiger partial charge in [-0.1, -0.05) is 65.2 Å². The van der Waals surface area contributed by atoms with Crippen molar-refractivity contribution in [1.82, 2.24) is 0 Å². The van der Waals surface area contributed by atoms with E-state index < -0.39 is 0 Å². The molecule has 3 aromatic rings.